The summed E-state index contributed by atoms with van der Waals surface area (Å²) in [7, 11) is 2.27. The molecule has 3 heteroatoms. The highest BCUT2D eigenvalue weighted by molar-refractivity contribution is 7.98. The maximum absolute atomic E-state index is 6.03. The van der Waals surface area contributed by atoms with Crippen LogP contribution in [0.15, 0.2) is 0 Å². The highest BCUT2D eigenvalue weighted by Gasteiger charge is 2.24. The molecular weight excluding hydrogens is 204 g/mol. The van der Waals surface area contributed by atoms with Crippen LogP contribution in [-0.4, -0.2) is 42.1 Å². The van der Waals surface area contributed by atoms with Gasteiger partial charge in [0.05, 0.1) is 0 Å². The topological polar surface area (TPSA) is 29.3 Å². The van der Waals surface area contributed by atoms with Gasteiger partial charge in [0.25, 0.3) is 0 Å². The molecule has 0 aromatic rings. The van der Waals surface area contributed by atoms with Crippen LogP contribution < -0.4 is 5.73 Å². The molecule has 1 saturated carbocycles. The zero-order valence-electron chi connectivity index (χ0n) is 10.4. The molecule has 0 heterocycles. The van der Waals surface area contributed by atoms with E-state index in [9.17, 15) is 0 Å². The summed E-state index contributed by atoms with van der Waals surface area (Å²) in [5.74, 6) is 1.27. The van der Waals surface area contributed by atoms with Crippen LogP contribution in [0.25, 0.3) is 0 Å². The summed E-state index contributed by atoms with van der Waals surface area (Å²) in [4.78, 5) is 2.55. The van der Waals surface area contributed by atoms with Gasteiger partial charge in [0.15, 0.2) is 0 Å². The second kappa shape index (κ2) is 6.77. The molecule has 3 unspecified atom stereocenters. The van der Waals surface area contributed by atoms with Crippen LogP contribution in [0.2, 0.25) is 0 Å². The van der Waals surface area contributed by atoms with Gasteiger partial charge in [0.2, 0.25) is 0 Å². The van der Waals surface area contributed by atoms with Crippen molar-refractivity contribution in [1.82, 2.24) is 4.90 Å². The third kappa shape index (κ3) is 4.33. The highest BCUT2D eigenvalue weighted by Crippen LogP contribution is 2.23. The molecule has 3 atom stereocenters. The minimum atomic E-state index is 0.443. The fourth-order valence-electron chi connectivity index (χ4n) is 2.42. The molecule has 15 heavy (non-hydrogen) atoms. The van der Waals surface area contributed by atoms with Crippen LogP contribution in [0, 0.1) is 0 Å². The van der Waals surface area contributed by atoms with Gasteiger partial charge in [-0.2, -0.15) is 11.8 Å². The SMILES string of the molecule is CSCCC(C)N(C)C1CCCC(N)C1. The van der Waals surface area contributed by atoms with Crippen molar-refractivity contribution in [3.8, 4) is 0 Å². The summed E-state index contributed by atoms with van der Waals surface area (Å²) in [5, 5.41) is 0. The molecule has 0 aromatic heterocycles. The lowest BCUT2D eigenvalue weighted by molar-refractivity contribution is 0.136. The lowest BCUT2D eigenvalue weighted by Gasteiger charge is -2.37. The molecule has 0 radical (unpaired) electrons. The van der Waals surface area contributed by atoms with Crippen molar-refractivity contribution >= 4 is 11.8 Å². The van der Waals surface area contributed by atoms with Crippen LogP contribution in [0.1, 0.15) is 39.0 Å². The molecule has 1 aliphatic rings. The summed E-state index contributed by atoms with van der Waals surface area (Å²) >= 11 is 1.94. The smallest absolute Gasteiger partial charge is 0.0110 e. The van der Waals surface area contributed by atoms with Crippen molar-refractivity contribution in [2.45, 2.75) is 57.2 Å². The average Bonchev–Trinajstić information content (AvgIpc) is 2.24. The largest absolute Gasteiger partial charge is 0.328 e. The third-order valence-corrected chi connectivity index (χ3v) is 4.34. The van der Waals surface area contributed by atoms with Crippen LogP contribution in [0.5, 0.6) is 0 Å². The van der Waals surface area contributed by atoms with Crippen molar-refractivity contribution in [3.63, 3.8) is 0 Å². The fourth-order valence-corrected chi connectivity index (χ4v) is 3.00. The normalized spacial score (nSPS) is 29.4. The van der Waals surface area contributed by atoms with Gasteiger partial charge in [0.1, 0.15) is 0 Å². The second-order valence-electron chi connectivity index (χ2n) is 4.88. The monoisotopic (exact) mass is 230 g/mol. The molecule has 0 amide bonds. The third-order valence-electron chi connectivity index (χ3n) is 3.70. The van der Waals surface area contributed by atoms with E-state index in [-0.39, 0.29) is 0 Å². The van der Waals surface area contributed by atoms with Gasteiger partial charge in [0, 0.05) is 18.1 Å². The Kier molecular flexibility index (Phi) is 6.02. The van der Waals surface area contributed by atoms with Gasteiger partial charge in [-0.05, 0) is 51.7 Å². The van der Waals surface area contributed by atoms with Crippen LogP contribution in [0.3, 0.4) is 0 Å². The molecule has 0 saturated heterocycles. The quantitative estimate of drug-likeness (QED) is 0.786. The number of nitrogens with two attached hydrogens (primary N) is 1. The van der Waals surface area contributed by atoms with Crippen molar-refractivity contribution in [3.05, 3.63) is 0 Å². The second-order valence-corrected chi connectivity index (χ2v) is 5.86. The van der Waals surface area contributed by atoms with E-state index in [0.717, 1.165) is 6.04 Å². The zero-order chi connectivity index (χ0) is 11.3. The van der Waals surface area contributed by atoms with E-state index in [2.05, 4.69) is 25.1 Å². The van der Waals surface area contributed by atoms with E-state index < -0.39 is 0 Å². The summed E-state index contributed by atoms with van der Waals surface area (Å²) in [6.45, 7) is 2.34. The molecule has 2 nitrogen and oxygen atoms in total. The Morgan fingerprint density at radius 1 is 1.47 bits per heavy atom. The van der Waals surface area contributed by atoms with E-state index in [0.29, 0.717) is 12.1 Å². The summed E-state index contributed by atoms with van der Waals surface area (Å²) in [5.41, 5.74) is 6.03. The van der Waals surface area contributed by atoms with Gasteiger partial charge < -0.3 is 10.6 Å². The van der Waals surface area contributed by atoms with E-state index in [1.54, 1.807) is 0 Å². The predicted octanol–water partition coefficient (Wildman–Crippen LogP) is 2.33. The Morgan fingerprint density at radius 2 is 2.20 bits per heavy atom. The molecule has 1 aliphatic carbocycles. The minimum Gasteiger partial charge on any atom is -0.328 e. The summed E-state index contributed by atoms with van der Waals surface area (Å²) < 4.78 is 0. The van der Waals surface area contributed by atoms with E-state index in [4.69, 9.17) is 5.73 Å². The first-order valence-electron chi connectivity index (χ1n) is 6.11. The zero-order valence-corrected chi connectivity index (χ0v) is 11.2. The maximum Gasteiger partial charge on any atom is 0.0110 e. The van der Waals surface area contributed by atoms with Gasteiger partial charge >= 0.3 is 0 Å². The standard InChI is InChI=1S/C12H26N2S/c1-10(7-8-15-3)14(2)12-6-4-5-11(13)9-12/h10-12H,4-9,13H2,1-3H3. The Balaban J connectivity index is 2.33. The first-order valence-corrected chi connectivity index (χ1v) is 7.51. The van der Waals surface area contributed by atoms with Crippen molar-refractivity contribution in [2.75, 3.05) is 19.1 Å². The van der Waals surface area contributed by atoms with Crippen molar-refractivity contribution < 1.29 is 0 Å². The minimum absolute atomic E-state index is 0.443. The number of hydrogen-bond acceptors (Lipinski definition) is 3. The van der Waals surface area contributed by atoms with Crippen LogP contribution >= 0.6 is 11.8 Å². The number of hydrogen-bond donors (Lipinski definition) is 1. The highest BCUT2D eigenvalue weighted by atomic mass is 32.2. The molecule has 90 valence electrons. The van der Waals surface area contributed by atoms with E-state index >= 15 is 0 Å². The van der Waals surface area contributed by atoms with E-state index in [1.165, 1.54) is 37.9 Å². The Labute approximate surface area is 99.0 Å². The van der Waals surface area contributed by atoms with Gasteiger partial charge in [-0.3, -0.25) is 0 Å². The first kappa shape index (κ1) is 13.3. The molecule has 1 rings (SSSR count). The number of rotatable bonds is 5. The molecule has 0 bridgehead atoms. The lowest BCUT2D eigenvalue weighted by atomic mass is 9.90. The van der Waals surface area contributed by atoms with Gasteiger partial charge in [-0.1, -0.05) is 6.42 Å². The molecular formula is C12H26N2S. The lowest BCUT2D eigenvalue weighted by Crippen LogP contribution is -2.44. The maximum atomic E-state index is 6.03. The van der Waals surface area contributed by atoms with Crippen LogP contribution in [0.4, 0.5) is 0 Å². The van der Waals surface area contributed by atoms with E-state index in [1.807, 2.05) is 11.8 Å². The average molecular weight is 230 g/mol. The van der Waals surface area contributed by atoms with Crippen LogP contribution in [-0.2, 0) is 0 Å². The van der Waals surface area contributed by atoms with Crippen molar-refractivity contribution in [1.29, 1.82) is 0 Å². The molecule has 1 fully saturated rings. The Bertz CT molecular complexity index is 175. The van der Waals surface area contributed by atoms with Gasteiger partial charge in [-0.25, -0.2) is 0 Å². The number of nitrogens with zero attached hydrogens (tertiary/aromatic N) is 1. The fraction of sp³-hybridized carbons (Fsp3) is 1.00. The van der Waals surface area contributed by atoms with Crippen molar-refractivity contribution in [2.24, 2.45) is 5.73 Å². The summed E-state index contributed by atoms with van der Waals surface area (Å²) in [6, 6.07) is 1.87. The molecule has 0 aromatic carbocycles. The predicted molar refractivity (Wildman–Crippen MR) is 70.5 cm³/mol. The Morgan fingerprint density at radius 3 is 2.80 bits per heavy atom. The molecule has 0 spiro atoms. The molecule has 0 aliphatic heterocycles. The molecule has 2 N–H and O–H groups in total. The van der Waals surface area contributed by atoms with Gasteiger partial charge in [-0.15, -0.1) is 0 Å². The first-order chi connectivity index (χ1) is 7.15. The summed E-state index contributed by atoms with van der Waals surface area (Å²) in [6.07, 6.45) is 8.55. The number of thioether (sulfide) groups is 1. The Hall–Kier alpha value is 0.270.